The van der Waals surface area contributed by atoms with E-state index in [1.54, 1.807) is 18.7 Å². The van der Waals surface area contributed by atoms with Crippen LogP contribution in [-0.2, 0) is 6.54 Å². The van der Waals surface area contributed by atoms with E-state index >= 15 is 0 Å². The van der Waals surface area contributed by atoms with Crippen molar-refractivity contribution in [1.82, 2.24) is 18.9 Å². The Morgan fingerprint density at radius 3 is 2.96 bits per heavy atom. The Balaban J connectivity index is 1.47. The average molecular weight is 361 g/mol. The number of nitrogens with one attached hydrogen (secondary N) is 1. The Morgan fingerprint density at radius 1 is 1.22 bits per heavy atom. The fraction of sp³-hybridized carbons (Fsp3) is 0.150. The van der Waals surface area contributed by atoms with Crippen LogP contribution >= 0.6 is 0 Å². The molecule has 7 nitrogen and oxygen atoms in total. The molecular weight excluding hydrogens is 342 g/mol. The molecule has 3 aromatic heterocycles. The molecule has 0 fully saturated rings. The number of amides is 1. The van der Waals surface area contributed by atoms with Crippen molar-refractivity contribution in [2.45, 2.75) is 13.5 Å². The number of hydrogen-bond acceptors (Lipinski definition) is 4. The summed E-state index contributed by atoms with van der Waals surface area (Å²) in [5.41, 5.74) is 2.80. The van der Waals surface area contributed by atoms with Crippen molar-refractivity contribution in [1.29, 1.82) is 0 Å². The summed E-state index contributed by atoms with van der Waals surface area (Å²) >= 11 is 0. The van der Waals surface area contributed by atoms with Gasteiger partial charge in [0.25, 0.3) is 5.91 Å². The van der Waals surface area contributed by atoms with Crippen LogP contribution in [0, 0.1) is 6.92 Å². The molecule has 0 aliphatic carbocycles. The van der Waals surface area contributed by atoms with Crippen molar-refractivity contribution >= 4 is 17.2 Å². The molecule has 0 bridgehead atoms. The van der Waals surface area contributed by atoms with E-state index in [0.29, 0.717) is 30.3 Å². The van der Waals surface area contributed by atoms with Gasteiger partial charge in [-0.15, -0.1) is 0 Å². The summed E-state index contributed by atoms with van der Waals surface area (Å²) in [6.07, 6.45) is 8.95. The first-order valence-electron chi connectivity index (χ1n) is 8.63. The lowest BCUT2D eigenvalue weighted by Crippen LogP contribution is -2.14. The van der Waals surface area contributed by atoms with Gasteiger partial charge in [0.15, 0.2) is 0 Å². The number of pyridine rings is 1. The number of fused-ring (bicyclic) bond motifs is 1. The van der Waals surface area contributed by atoms with Crippen LogP contribution in [0.25, 0.3) is 5.65 Å². The lowest BCUT2D eigenvalue weighted by atomic mass is 10.3. The molecule has 4 rings (SSSR count). The number of para-hydroxylation sites is 2. The Kier molecular flexibility index (Phi) is 4.57. The summed E-state index contributed by atoms with van der Waals surface area (Å²) in [4.78, 5) is 21.0. The second-order valence-electron chi connectivity index (χ2n) is 6.19. The molecule has 0 aliphatic rings. The van der Waals surface area contributed by atoms with Crippen LogP contribution in [0.15, 0.2) is 67.5 Å². The zero-order valence-electron chi connectivity index (χ0n) is 14.9. The van der Waals surface area contributed by atoms with Gasteiger partial charge in [0.1, 0.15) is 23.7 Å². The number of rotatable bonds is 6. The van der Waals surface area contributed by atoms with Gasteiger partial charge in [-0.2, -0.15) is 0 Å². The van der Waals surface area contributed by atoms with E-state index in [1.807, 2.05) is 64.7 Å². The summed E-state index contributed by atoms with van der Waals surface area (Å²) < 4.78 is 9.59. The molecule has 7 heteroatoms. The maximum Gasteiger partial charge on any atom is 0.275 e. The monoisotopic (exact) mass is 361 g/mol. The summed E-state index contributed by atoms with van der Waals surface area (Å²) in [5, 5.41) is 2.89. The standard InChI is InChI=1S/C20H19N5O2/c1-15-6-8-25-13-17(22-19(25)12-15)20(26)23-16-4-2-3-5-18(16)27-11-10-24-9-7-21-14-24/h2-9,12-14H,10-11H2,1H3,(H,23,26). The number of carbonyl (C=O) groups is 1. The van der Waals surface area contributed by atoms with Crippen LogP contribution in [0.1, 0.15) is 16.1 Å². The third kappa shape index (κ3) is 3.82. The number of imidazole rings is 2. The van der Waals surface area contributed by atoms with Gasteiger partial charge < -0.3 is 19.0 Å². The van der Waals surface area contributed by atoms with Crippen molar-refractivity contribution in [3.05, 3.63) is 78.8 Å². The minimum absolute atomic E-state index is 0.276. The molecule has 4 aromatic rings. The van der Waals surface area contributed by atoms with Crippen molar-refractivity contribution < 1.29 is 9.53 Å². The second-order valence-corrected chi connectivity index (χ2v) is 6.19. The number of carbonyl (C=O) groups excluding carboxylic acids is 1. The van der Waals surface area contributed by atoms with Gasteiger partial charge in [0.2, 0.25) is 0 Å². The highest BCUT2D eigenvalue weighted by atomic mass is 16.5. The molecule has 0 saturated carbocycles. The number of aryl methyl sites for hydroxylation is 1. The maximum atomic E-state index is 12.6. The largest absolute Gasteiger partial charge is 0.490 e. The first-order valence-corrected chi connectivity index (χ1v) is 8.63. The number of aromatic nitrogens is 4. The van der Waals surface area contributed by atoms with Gasteiger partial charge >= 0.3 is 0 Å². The average Bonchev–Trinajstić information content (AvgIpc) is 3.32. The summed E-state index contributed by atoms with van der Waals surface area (Å²) in [5.74, 6) is 0.340. The third-order valence-electron chi connectivity index (χ3n) is 4.15. The predicted molar refractivity (Wildman–Crippen MR) is 102 cm³/mol. The topological polar surface area (TPSA) is 73.4 Å². The number of nitrogens with zero attached hydrogens (tertiary/aromatic N) is 4. The molecule has 3 heterocycles. The Hall–Kier alpha value is -3.61. The van der Waals surface area contributed by atoms with E-state index in [1.165, 1.54) is 0 Å². The molecule has 0 atom stereocenters. The van der Waals surface area contributed by atoms with Crippen molar-refractivity contribution in [2.75, 3.05) is 11.9 Å². The van der Waals surface area contributed by atoms with Crippen molar-refractivity contribution in [3.8, 4) is 5.75 Å². The zero-order valence-corrected chi connectivity index (χ0v) is 14.9. The van der Waals surface area contributed by atoms with E-state index in [-0.39, 0.29) is 5.91 Å². The predicted octanol–water partition coefficient (Wildman–Crippen LogP) is 3.17. The van der Waals surface area contributed by atoms with Crippen LogP contribution in [0.3, 0.4) is 0 Å². The zero-order chi connectivity index (χ0) is 18.6. The maximum absolute atomic E-state index is 12.6. The molecule has 0 spiro atoms. The van der Waals surface area contributed by atoms with Crippen LogP contribution in [0.5, 0.6) is 5.75 Å². The van der Waals surface area contributed by atoms with Gasteiger partial charge in [-0.1, -0.05) is 12.1 Å². The highest BCUT2D eigenvalue weighted by molar-refractivity contribution is 6.04. The van der Waals surface area contributed by atoms with E-state index in [9.17, 15) is 4.79 Å². The van der Waals surface area contributed by atoms with Crippen molar-refractivity contribution in [3.63, 3.8) is 0 Å². The number of anilines is 1. The third-order valence-corrected chi connectivity index (χ3v) is 4.15. The Labute approximate surface area is 156 Å². The van der Waals surface area contributed by atoms with E-state index < -0.39 is 0 Å². The van der Waals surface area contributed by atoms with Crippen LogP contribution in [0.2, 0.25) is 0 Å². The highest BCUT2D eigenvalue weighted by Crippen LogP contribution is 2.24. The van der Waals surface area contributed by atoms with Gasteiger partial charge in [0.05, 0.1) is 18.6 Å². The smallest absolute Gasteiger partial charge is 0.275 e. The van der Waals surface area contributed by atoms with Crippen LogP contribution < -0.4 is 10.1 Å². The lowest BCUT2D eigenvalue weighted by Gasteiger charge is -2.12. The molecule has 27 heavy (non-hydrogen) atoms. The van der Waals surface area contributed by atoms with E-state index in [2.05, 4.69) is 15.3 Å². The van der Waals surface area contributed by atoms with Crippen molar-refractivity contribution in [2.24, 2.45) is 0 Å². The summed E-state index contributed by atoms with van der Waals surface area (Å²) in [6.45, 7) is 3.14. The normalized spacial score (nSPS) is 10.9. The minimum Gasteiger partial charge on any atom is -0.490 e. The quantitative estimate of drug-likeness (QED) is 0.572. The minimum atomic E-state index is -0.276. The Bertz CT molecular complexity index is 1070. The second kappa shape index (κ2) is 7.33. The summed E-state index contributed by atoms with van der Waals surface area (Å²) in [6, 6.07) is 11.3. The molecule has 0 radical (unpaired) electrons. The van der Waals surface area contributed by atoms with E-state index in [0.717, 1.165) is 11.2 Å². The number of benzene rings is 1. The van der Waals surface area contributed by atoms with Gasteiger partial charge in [-0.3, -0.25) is 4.79 Å². The summed E-state index contributed by atoms with van der Waals surface area (Å²) in [7, 11) is 0. The molecule has 1 amide bonds. The SMILES string of the molecule is Cc1ccn2cc(C(=O)Nc3ccccc3OCCn3ccnc3)nc2c1. The lowest BCUT2D eigenvalue weighted by molar-refractivity contribution is 0.102. The molecular formula is C20H19N5O2. The van der Waals surface area contributed by atoms with Crippen LogP contribution in [0.4, 0.5) is 5.69 Å². The number of ether oxygens (including phenoxy) is 1. The molecule has 1 aromatic carbocycles. The molecule has 0 unspecified atom stereocenters. The Morgan fingerprint density at radius 2 is 2.11 bits per heavy atom. The first kappa shape index (κ1) is 16.8. The highest BCUT2D eigenvalue weighted by Gasteiger charge is 2.13. The molecule has 1 N–H and O–H groups in total. The van der Waals surface area contributed by atoms with Crippen LogP contribution in [-0.4, -0.2) is 31.4 Å². The van der Waals surface area contributed by atoms with Gasteiger partial charge in [-0.25, -0.2) is 9.97 Å². The fourth-order valence-electron chi connectivity index (χ4n) is 2.76. The molecule has 0 saturated heterocycles. The molecule has 0 aliphatic heterocycles. The van der Waals surface area contributed by atoms with Gasteiger partial charge in [0, 0.05) is 24.8 Å². The molecule has 136 valence electrons. The van der Waals surface area contributed by atoms with E-state index in [4.69, 9.17) is 4.74 Å². The van der Waals surface area contributed by atoms with Gasteiger partial charge in [-0.05, 0) is 36.8 Å². The first-order chi connectivity index (χ1) is 13.2. The number of hydrogen-bond donors (Lipinski definition) is 1. The fourth-order valence-corrected chi connectivity index (χ4v) is 2.76.